The Labute approximate surface area is 229 Å². The molecule has 0 fully saturated rings. The van der Waals surface area contributed by atoms with E-state index in [4.69, 9.17) is 4.74 Å². The maximum atomic E-state index is 11.7. The molecule has 0 aliphatic heterocycles. The highest BCUT2D eigenvalue weighted by Crippen LogP contribution is 2.28. The highest BCUT2D eigenvalue weighted by Gasteiger charge is 2.13. The van der Waals surface area contributed by atoms with Crippen molar-refractivity contribution >= 4 is 46.4 Å². The summed E-state index contributed by atoms with van der Waals surface area (Å²) >= 11 is 1.05. The normalized spacial score (nSPS) is 12.1. The van der Waals surface area contributed by atoms with E-state index in [1.165, 1.54) is 11.1 Å². The summed E-state index contributed by atoms with van der Waals surface area (Å²) in [5, 5.41) is 23.6. The molecule has 3 rings (SSSR count). The number of methoxy groups -OCH3 is 1. The van der Waals surface area contributed by atoms with Crippen molar-refractivity contribution in [2.45, 2.75) is 45.8 Å². The first kappa shape index (κ1) is 32.4. The summed E-state index contributed by atoms with van der Waals surface area (Å²) in [5.74, 6) is 0.725. The first-order chi connectivity index (χ1) is 16.4. The fraction of sp³-hybridized carbons (Fsp3) is 0.500. The molecule has 10 heteroatoms. The number of aromatic amines is 1. The third-order valence-corrected chi connectivity index (χ3v) is 6.85. The molecule has 1 heterocycles. The molecule has 2 aromatic carbocycles. The van der Waals surface area contributed by atoms with Crippen molar-refractivity contribution < 1.29 is 14.9 Å². The molecule has 202 valence electrons. The third kappa shape index (κ3) is 10.0. The highest BCUT2D eigenvalue weighted by molar-refractivity contribution is 7.16. The Morgan fingerprint density at radius 1 is 1.11 bits per heavy atom. The number of aliphatic hydroxyl groups is 1. The minimum atomic E-state index is -0.739. The minimum absolute atomic E-state index is 0. The lowest BCUT2D eigenvalue weighted by atomic mass is 10.1. The molecule has 0 aliphatic rings. The van der Waals surface area contributed by atoms with Gasteiger partial charge in [0.15, 0.2) is 0 Å². The van der Waals surface area contributed by atoms with Crippen molar-refractivity contribution in [2.75, 3.05) is 33.5 Å². The maximum Gasteiger partial charge on any atom is 0.305 e. The quantitative estimate of drug-likeness (QED) is 0.219. The molecule has 0 saturated heterocycles. The van der Waals surface area contributed by atoms with Crippen LogP contribution >= 0.6 is 36.2 Å². The lowest BCUT2D eigenvalue weighted by molar-refractivity contribution is 0.0609. The van der Waals surface area contributed by atoms with Gasteiger partial charge in [-0.25, -0.2) is 0 Å². The molecule has 0 saturated carbocycles. The predicted octanol–water partition coefficient (Wildman–Crippen LogP) is 4.33. The van der Waals surface area contributed by atoms with E-state index in [1.54, 1.807) is 19.2 Å². The smallest absolute Gasteiger partial charge is 0.305 e. The van der Waals surface area contributed by atoms with Crippen LogP contribution in [0.15, 0.2) is 41.2 Å². The number of aromatic hydroxyl groups is 1. The van der Waals surface area contributed by atoms with E-state index in [1.807, 2.05) is 0 Å². The van der Waals surface area contributed by atoms with Crippen molar-refractivity contribution in [1.29, 1.82) is 0 Å². The molecule has 7 nitrogen and oxygen atoms in total. The van der Waals surface area contributed by atoms with Gasteiger partial charge in [0.2, 0.25) is 0 Å². The number of thiazole rings is 1. The second-order valence-corrected chi connectivity index (χ2v) is 10.2. The van der Waals surface area contributed by atoms with Gasteiger partial charge >= 0.3 is 4.87 Å². The van der Waals surface area contributed by atoms with E-state index in [0.717, 1.165) is 49.3 Å². The van der Waals surface area contributed by atoms with Crippen molar-refractivity contribution in [3.63, 3.8) is 0 Å². The van der Waals surface area contributed by atoms with Gasteiger partial charge in [-0.15, -0.1) is 24.8 Å². The van der Waals surface area contributed by atoms with Crippen LogP contribution in [0.2, 0.25) is 0 Å². The second-order valence-electron chi connectivity index (χ2n) is 9.17. The number of ether oxygens (including phenoxy) is 1. The number of benzene rings is 2. The zero-order valence-corrected chi connectivity index (χ0v) is 23.6. The highest BCUT2D eigenvalue weighted by atomic mass is 35.5. The number of hydrogen-bond donors (Lipinski definition) is 4. The first-order valence-corrected chi connectivity index (χ1v) is 12.7. The largest absolute Gasteiger partial charge is 0.506 e. The molecule has 1 aromatic heterocycles. The van der Waals surface area contributed by atoms with Gasteiger partial charge in [-0.1, -0.05) is 55.5 Å². The predicted molar refractivity (Wildman–Crippen MR) is 153 cm³/mol. The number of nitrogens with one attached hydrogen (secondary N) is 2. The number of phenolic OH excluding ortho intramolecular Hbond substituents is 1. The molecule has 0 amide bonds. The van der Waals surface area contributed by atoms with Gasteiger partial charge in [-0.3, -0.25) is 15.0 Å². The van der Waals surface area contributed by atoms with Gasteiger partial charge < -0.3 is 19.9 Å². The molecule has 0 radical (unpaired) electrons. The molecule has 36 heavy (non-hydrogen) atoms. The summed E-state index contributed by atoms with van der Waals surface area (Å²) in [6.07, 6.45) is 2.56. The number of hydrogen-bond acceptors (Lipinski definition) is 7. The first-order valence-electron chi connectivity index (χ1n) is 11.9. The third-order valence-electron chi connectivity index (χ3n) is 5.89. The van der Waals surface area contributed by atoms with E-state index in [-0.39, 0.29) is 35.4 Å². The SMILES string of the molecule is COCN(CCc1cccc(CCNC(O)Cc2ccc(O)c3[nH]c(=O)sc23)c1)CCC(C)C.Cl.Cl. The number of fused-ring (bicyclic) bond motifs is 1. The summed E-state index contributed by atoms with van der Waals surface area (Å²) in [5.41, 5.74) is 3.80. The fourth-order valence-corrected chi connectivity index (χ4v) is 4.87. The van der Waals surface area contributed by atoms with Crippen molar-refractivity contribution in [3.05, 3.63) is 62.8 Å². The van der Waals surface area contributed by atoms with Gasteiger partial charge in [0.1, 0.15) is 17.5 Å². The van der Waals surface area contributed by atoms with Gasteiger partial charge in [-0.2, -0.15) is 0 Å². The van der Waals surface area contributed by atoms with Crippen LogP contribution < -0.4 is 10.2 Å². The lowest BCUT2D eigenvalue weighted by Crippen LogP contribution is -2.32. The number of halogens is 2. The van der Waals surface area contributed by atoms with Crippen molar-refractivity contribution in [1.82, 2.24) is 15.2 Å². The van der Waals surface area contributed by atoms with Crippen LogP contribution in [0.3, 0.4) is 0 Å². The summed E-state index contributed by atoms with van der Waals surface area (Å²) in [6.45, 7) is 7.79. The van der Waals surface area contributed by atoms with E-state index < -0.39 is 6.23 Å². The van der Waals surface area contributed by atoms with Crippen LogP contribution in [-0.2, 0) is 24.0 Å². The van der Waals surface area contributed by atoms with Crippen LogP contribution in [0, 0.1) is 5.92 Å². The Morgan fingerprint density at radius 3 is 2.53 bits per heavy atom. The fourth-order valence-electron chi connectivity index (χ4n) is 3.99. The van der Waals surface area contributed by atoms with Gasteiger partial charge in [-0.05, 0) is 47.9 Å². The summed E-state index contributed by atoms with van der Waals surface area (Å²) in [7, 11) is 1.74. The minimum Gasteiger partial charge on any atom is -0.506 e. The summed E-state index contributed by atoms with van der Waals surface area (Å²) in [4.78, 5) is 16.5. The van der Waals surface area contributed by atoms with E-state index in [2.05, 4.69) is 53.3 Å². The van der Waals surface area contributed by atoms with Crippen LogP contribution in [0.1, 0.15) is 37.0 Å². The molecular weight excluding hydrogens is 521 g/mol. The van der Waals surface area contributed by atoms with Crippen LogP contribution in [-0.4, -0.2) is 59.8 Å². The molecule has 1 atom stereocenters. The average molecular weight is 561 g/mol. The maximum absolute atomic E-state index is 11.7. The molecule has 0 bridgehead atoms. The molecule has 1 unspecified atom stereocenters. The number of aromatic nitrogens is 1. The number of aliphatic hydroxyl groups excluding tert-OH is 1. The van der Waals surface area contributed by atoms with E-state index >= 15 is 0 Å². The Kier molecular flexibility index (Phi) is 14.6. The number of phenols is 1. The lowest BCUT2D eigenvalue weighted by Gasteiger charge is -2.22. The molecule has 0 aliphatic carbocycles. The Morgan fingerprint density at radius 2 is 1.83 bits per heavy atom. The van der Waals surface area contributed by atoms with Gasteiger partial charge in [0, 0.05) is 33.2 Å². The zero-order chi connectivity index (χ0) is 24.5. The molecule has 0 spiro atoms. The summed E-state index contributed by atoms with van der Waals surface area (Å²) in [6, 6.07) is 11.9. The number of rotatable bonds is 14. The van der Waals surface area contributed by atoms with Crippen LogP contribution in [0.25, 0.3) is 10.2 Å². The summed E-state index contributed by atoms with van der Waals surface area (Å²) < 4.78 is 6.05. The molecule has 4 N–H and O–H groups in total. The monoisotopic (exact) mass is 559 g/mol. The molecular formula is C26H39Cl2N3O4S. The number of nitrogens with zero attached hydrogens (tertiary/aromatic N) is 1. The Balaban J connectivity index is 0.00000324. The van der Waals surface area contributed by atoms with Crippen LogP contribution in [0.5, 0.6) is 5.75 Å². The standard InChI is InChI=1S/C26H37N3O4S.2ClH/c1-18(2)10-13-29(17-33-3)14-11-20-6-4-5-19(15-20)9-12-27-23(31)16-21-7-8-22(30)24-25(21)34-26(32)28-24;;/h4-8,15,18,23,27,30-31H,9-14,16-17H2,1-3H3,(H,28,32);2*1H. The van der Waals surface area contributed by atoms with Gasteiger partial charge in [0.05, 0.1) is 11.4 Å². The van der Waals surface area contributed by atoms with Gasteiger partial charge in [0.25, 0.3) is 0 Å². The topological polar surface area (TPSA) is 97.8 Å². The average Bonchev–Trinajstić information content (AvgIpc) is 3.20. The van der Waals surface area contributed by atoms with E-state index in [9.17, 15) is 15.0 Å². The Hall–Kier alpha value is -1.65. The van der Waals surface area contributed by atoms with Crippen molar-refractivity contribution in [3.8, 4) is 5.75 Å². The van der Waals surface area contributed by atoms with Crippen molar-refractivity contribution in [2.24, 2.45) is 5.92 Å². The van der Waals surface area contributed by atoms with Crippen LogP contribution in [0.4, 0.5) is 0 Å². The zero-order valence-electron chi connectivity index (χ0n) is 21.2. The molecule has 3 aromatic rings. The van der Waals surface area contributed by atoms with E-state index in [0.29, 0.717) is 35.8 Å². The second kappa shape index (κ2) is 16.2. The Bertz CT molecular complexity index is 1110. The number of H-pyrrole nitrogens is 1.